The van der Waals surface area contributed by atoms with E-state index < -0.39 is 0 Å². The first kappa shape index (κ1) is 11.5. The second-order valence-electron chi connectivity index (χ2n) is 4.54. The van der Waals surface area contributed by atoms with Crippen molar-refractivity contribution in [2.45, 2.75) is 31.7 Å². The molecule has 1 atom stereocenters. The van der Waals surface area contributed by atoms with E-state index in [-0.39, 0.29) is 0 Å². The van der Waals surface area contributed by atoms with Crippen molar-refractivity contribution in [1.82, 2.24) is 5.32 Å². The summed E-state index contributed by atoms with van der Waals surface area (Å²) in [5, 5.41) is 5.67. The summed E-state index contributed by atoms with van der Waals surface area (Å²) in [5.41, 5.74) is 1.59. The molecule has 1 aliphatic rings. The van der Waals surface area contributed by atoms with Crippen LogP contribution in [0.25, 0.3) is 9.40 Å². The molecule has 1 N–H and O–H groups in total. The van der Waals surface area contributed by atoms with Crippen molar-refractivity contribution in [3.05, 3.63) is 34.0 Å². The third kappa shape index (κ3) is 2.19. The lowest BCUT2D eigenvalue weighted by Crippen LogP contribution is -2.18. The van der Waals surface area contributed by atoms with Crippen LogP contribution >= 0.6 is 22.7 Å². The molecular formula is C14H17NS2. The molecule has 0 saturated heterocycles. The molecular weight excluding hydrogens is 246 g/mol. The molecule has 2 aromatic heterocycles. The Kier molecular flexibility index (Phi) is 3.32. The lowest BCUT2D eigenvalue weighted by Gasteiger charge is -2.21. The van der Waals surface area contributed by atoms with Crippen molar-refractivity contribution in [3.63, 3.8) is 0 Å². The van der Waals surface area contributed by atoms with Crippen LogP contribution in [0.15, 0.2) is 29.2 Å². The van der Waals surface area contributed by atoms with Gasteiger partial charge in [-0.1, -0.05) is 11.6 Å². The minimum Gasteiger partial charge on any atom is -0.309 e. The summed E-state index contributed by atoms with van der Waals surface area (Å²) < 4.78 is 2.86. The number of thiophene rings is 2. The molecule has 0 radical (unpaired) electrons. The highest BCUT2D eigenvalue weighted by atomic mass is 32.1. The highest BCUT2D eigenvalue weighted by molar-refractivity contribution is 7.27. The number of likely N-dealkylation sites (N-methyl/N-ethyl adjacent to an activating group) is 1. The standard InChI is InChI=1S/C14H17NS2/c1-15-14(10-5-3-2-4-6-10)13-9-12-11(17-13)7-8-16-12/h5,7-9,14-15H,2-4,6H2,1H3. The highest BCUT2D eigenvalue weighted by Crippen LogP contribution is 2.37. The van der Waals surface area contributed by atoms with Crippen LogP contribution in [0.5, 0.6) is 0 Å². The Hall–Kier alpha value is -0.640. The summed E-state index contributed by atoms with van der Waals surface area (Å²) in [7, 11) is 2.08. The van der Waals surface area contributed by atoms with Gasteiger partial charge in [0.2, 0.25) is 0 Å². The van der Waals surface area contributed by atoms with Gasteiger partial charge in [-0.3, -0.25) is 0 Å². The fourth-order valence-electron chi connectivity index (χ4n) is 2.56. The van der Waals surface area contributed by atoms with Crippen molar-refractivity contribution < 1.29 is 0 Å². The molecule has 17 heavy (non-hydrogen) atoms. The molecule has 3 heteroatoms. The zero-order valence-corrected chi connectivity index (χ0v) is 11.7. The van der Waals surface area contributed by atoms with Gasteiger partial charge in [0.25, 0.3) is 0 Å². The largest absolute Gasteiger partial charge is 0.309 e. The van der Waals surface area contributed by atoms with E-state index in [0.29, 0.717) is 6.04 Å². The van der Waals surface area contributed by atoms with Gasteiger partial charge in [0.15, 0.2) is 0 Å². The SMILES string of the molecule is CNC(C1=CCCCC1)c1cc2sccc2s1. The number of nitrogens with one attached hydrogen (secondary N) is 1. The smallest absolute Gasteiger partial charge is 0.0628 e. The Labute approximate surface area is 110 Å². The number of hydrogen-bond acceptors (Lipinski definition) is 3. The maximum atomic E-state index is 3.49. The van der Waals surface area contributed by atoms with Crippen LogP contribution in [0.1, 0.15) is 36.6 Å². The molecule has 90 valence electrons. The van der Waals surface area contributed by atoms with Crippen LogP contribution in [-0.2, 0) is 0 Å². The van der Waals surface area contributed by atoms with E-state index in [1.165, 1.54) is 40.0 Å². The minimum atomic E-state index is 0.444. The fourth-order valence-corrected chi connectivity index (χ4v) is 4.84. The summed E-state index contributed by atoms with van der Waals surface area (Å²) in [6.07, 6.45) is 7.67. The first-order valence-corrected chi connectivity index (χ1v) is 7.91. The normalized spacial score (nSPS) is 18.3. The number of hydrogen-bond donors (Lipinski definition) is 1. The Morgan fingerprint density at radius 1 is 1.29 bits per heavy atom. The van der Waals surface area contributed by atoms with E-state index in [0.717, 1.165) is 0 Å². The average molecular weight is 263 g/mol. The molecule has 0 amide bonds. The zero-order valence-electron chi connectivity index (χ0n) is 10.0. The topological polar surface area (TPSA) is 12.0 Å². The molecule has 0 bridgehead atoms. The van der Waals surface area contributed by atoms with Crippen LogP contribution in [0.3, 0.4) is 0 Å². The van der Waals surface area contributed by atoms with Gasteiger partial charge in [0, 0.05) is 14.3 Å². The molecule has 0 spiro atoms. The van der Waals surface area contributed by atoms with Gasteiger partial charge in [-0.15, -0.1) is 22.7 Å². The van der Waals surface area contributed by atoms with E-state index in [1.54, 1.807) is 5.57 Å². The van der Waals surface area contributed by atoms with Gasteiger partial charge in [-0.2, -0.15) is 0 Å². The van der Waals surface area contributed by atoms with Gasteiger partial charge in [0.05, 0.1) is 6.04 Å². The predicted octanol–water partition coefficient (Wildman–Crippen LogP) is 4.72. The van der Waals surface area contributed by atoms with E-state index in [4.69, 9.17) is 0 Å². The molecule has 0 fully saturated rings. The molecule has 1 unspecified atom stereocenters. The second-order valence-corrected chi connectivity index (χ2v) is 6.61. The maximum absolute atomic E-state index is 3.49. The van der Waals surface area contributed by atoms with Crippen molar-refractivity contribution in [1.29, 1.82) is 0 Å². The summed E-state index contributed by atoms with van der Waals surface area (Å²) in [4.78, 5) is 1.47. The van der Waals surface area contributed by atoms with Crippen LogP contribution in [-0.4, -0.2) is 7.05 Å². The molecule has 0 saturated carbocycles. The lowest BCUT2D eigenvalue weighted by atomic mass is 9.93. The number of rotatable bonds is 3. The highest BCUT2D eigenvalue weighted by Gasteiger charge is 2.18. The molecule has 1 aliphatic carbocycles. The van der Waals surface area contributed by atoms with Crippen LogP contribution in [0.2, 0.25) is 0 Å². The van der Waals surface area contributed by atoms with E-state index in [9.17, 15) is 0 Å². The van der Waals surface area contributed by atoms with E-state index in [1.807, 2.05) is 22.7 Å². The van der Waals surface area contributed by atoms with Gasteiger partial charge in [0.1, 0.15) is 0 Å². The third-order valence-electron chi connectivity index (χ3n) is 3.43. The summed E-state index contributed by atoms with van der Waals surface area (Å²) in [5.74, 6) is 0. The Morgan fingerprint density at radius 3 is 2.94 bits per heavy atom. The second kappa shape index (κ2) is 4.92. The van der Waals surface area contributed by atoms with Gasteiger partial charge in [-0.05, 0) is 50.2 Å². The first-order chi connectivity index (χ1) is 8.38. The van der Waals surface area contributed by atoms with Crippen LogP contribution < -0.4 is 5.32 Å². The maximum Gasteiger partial charge on any atom is 0.0628 e. The van der Waals surface area contributed by atoms with Crippen molar-refractivity contribution in [3.8, 4) is 0 Å². The lowest BCUT2D eigenvalue weighted by molar-refractivity contribution is 0.599. The summed E-state index contributed by atoms with van der Waals surface area (Å²) in [6.45, 7) is 0. The Morgan fingerprint density at radius 2 is 2.24 bits per heavy atom. The number of fused-ring (bicyclic) bond motifs is 1. The number of allylic oxidation sites excluding steroid dienone is 1. The predicted molar refractivity (Wildman–Crippen MR) is 78.1 cm³/mol. The fraction of sp³-hybridized carbons (Fsp3) is 0.429. The van der Waals surface area contributed by atoms with E-state index in [2.05, 4.69) is 36.0 Å². The molecule has 2 heterocycles. The Bertz CT molecular complexity index is 507. The summed E-state index contributed by atoms with van der Waals surface area (Å²) in [6, 6.07) is 5.04. The third-order valence-corrected chi connectivity index (χ3v) is 5.59. The monoisotopic (exact) mass is 263 g/mol. The van der Waals surface area contributed by atoms with Gasteiger partial charge >= 0.3 is 0 Å². The van der Waals surface area contributed by atoms with Crippen LogP contribution in [0, 0.1) is 0 Å². The van der Waals surface area contributed by atoms with Crippen molar-refractivity contribution in [2.24, 2.45) is 0 Å². The zero-order chi connectivity index (χ0) is 11.7. The molecule has 1 nitrogen and oxygen atoms in total. The van der Waals surface area contributed by atoms with E-state index >= 15 is 0 Å². The van der Waals surface area contributed by atoms with Crippen molar-refractivity contribution in [2.75, 3.05) is 7.05 Å². The van der Waals surface area contributed by atoms with Crippen LogP contribution in [0.4, 0.5) is 0 Å². The quantitative estimate of drug-likeness (QED) is 0.790. The van der Waals surface area contributed by atoms with Crippen molar-refractivity contribution >= 4 is 32.1 Å². The Balaban J connectivity index is 1.94. The molecule has 0 aliphatic heterocycles. The molecule has 2 aromatic rings. The molecule has 3 rings (SSSR count). The average Bonchev–Trinajstić information content (AvgIpc) is 2.92. The summed E-state index contributed by atoms with van der Waals surface area (Å²) >= 11 is 3.78. The first-order valence-electron chi connectivity index (χ1n) is 6.21. The van der Waals surface area contributed by atoms with Gasteiger partial charge in [-0.25, -0.2) is 0 Å². The molecule has 0 aromatic carbocycles. The van der Waals surface area contributed by atoms with Gasteiger partial charge < -0.3 is 5.32 Å². The minimum absolute atomic E-state index is 0.444.